The quantitative estimate of drug-likeness (QED) is 0.151. The van der Waals surface area contributed by atoms with E-state index in [-0.39, 0.29) is 29.2 Å². The van der Waals surface area contributed by atoms with Crippen LogP contribution in [0.25, 0.3) is 0 Å². The van der Waals surface area contributed by atoms with Crippen LogP contribution in [0, 0.1) is 3.70 Å². The number of hydrogen-bond donors (Lipinski definition) is 1. The van der Waals surface area contributed by atoms with Crippen molar-refractivity contribution in [3.8, 4) is 0 Å². The van der Waals surface area contributed by atoms with Gasteiger partial charge >= 0.3 is 0 Å². The smallest absolute Gasteiger partial charge is 0.260 e. The van der Waals surface area contributed by atoms with E-state index in [0.29, 0.717) is 70.0 Å². The van der Waals surface area contributed by atoms with E-state index in [0.717, 1.165) is 23.8 Å². The zero-order chi connectivity index (χ0) is 44.3. The fourth-order valence-electron chi connectivity index (χ4n) is 8.05. The Morgan fingerprint density at radius 3 is 1.52 bits per heavy atom. The Balaban J connectivity index is 0.000000176. The van der Waals surface area contributed by atoms with Crippen molar-refractivity contribution in [2.45, 2.75) is 42.8 Å². The lowest BCUT2D eigenvalue weighted by Crippen LogP contribution is -2.48. The third kappa shape index (κ3) is 8.49. The van der Waals surface area contributed by atoms with Gasteiger partial charge < -0.3 is 5.32 Å². The summed E-state index contributed by atoms with van der Waals surface area (Å²) in [6.45, 7) is 5.48. The first-order valence-electron chi connectivity index (χ1n) is 19.0. The summed E-state index contributed by atoms with van der Waals surface area (Å²) in [4.78, 5) is 39.5. The van der Waals surface area contributed by atoms with Crippen LogP contribution in [-0.2, 0) is 43.5 Å². The van der Waals surface area contributed by atoms with Crippen LogP contribution in [-0.4, -0.2) is 69.8 Å². The molecule has 0 bridgehead atoms. The molecule has 20 heteroatoms. The number of carbonyl (C=O) groups is 2. The molecule has 1 fully saturated rings. The Morgan fingerprint density at radius 2 is 1.06 bits per heavy atom. The lowest BCUT2D eigenvalue weighted by atomic mass is 9.92. The second-order valence-electron chi connectivity index (χ2n) is 15.3. The molecule has 2 aromatic heterocycles. The summed E-state index contributed by atoms with van der Waals surface area (Å²) in [6.07, 6.45) is 3.90. The van der Waals surface area contributed by atoms with Crippen molar-refractivity contribution in [3.63, 3.8) is 0 Å². The van der Waals surface area contributed by atoms with E-state index in [2.05, 4.69) is 69.7 Å². The van der Waals surface area contributed by atoms with E-state index in [9.17, 15) is 18.0 Å². The van der Waals surface area contributed by atoms with E-state index in [4.69, 9.17) is 46.4 Å². The summed E-state index contributed by atoms with van der Waals surface area (Å²) in [5.41, 5.74) is 0.913. The monoisotopic (exact) mass is 1170 g/mol. The molecule has 4 aromatic carbocycles. The van der Waals surface area contributed by atoms with Crippen LogP contribution in [0.15, 0.2) is 111 Å². The molecule has 6 aromatic rings. The number of nitrogens with zero attached hydrogens (tertiary/aromatic N) is 7. The number of imidazole rings is 2. The highest BCUT2D eigenvalue weighted by Crippen LogP contribution is 2.46. The van der Waals surface area contributed by atoms with Crippen molar-refractivity contribution < 1.29 is 18.0 Å². The number of benzene rings is 4. The predicted octanol–water partition coefficient (Wildman–Crippen LogP) is 10.4. The highest BCUT2D eigenvalue weighted by molar-refractivity contribution is 14.1. The number of rotatable bonds is 8. The predicted molar refractivity (Wildman–Crippen MR) is 259 cm³/mol. The van der Waals surface area contributed by atoms with Crippen molar-refractivity contribution in [1.82, 2.24) is 28.7 Å². The number of sulfonamides is 1. The van der Waals surface area contributed by atoms with Gasteiger partial charge in [-0.05, 0) is 108 Å². The first-order valence-corrected chi connectivity index (χ1v) is 24.7. The Bertz CT molecular complexity index is 2800. The highest BCUT2D eigenvalue weighted by Gasteiger charge is 2.53. The van der Waals surface area contributed by atoms with Gasteiger partial charge in [-0.15, -0.1) is 0 Å². The Morgan fingerprint density at radius 1 is 0.661 bits per heavy atom. The van der Waals surface area contributed by atoms with Crippen LogP contribution in [0.4, 0.5) is 23.3 Å². The molecule has 322 valence electrons. The SMILES string of the molecule is C[C@@]1(Cc2ccc(Br)cc2)C(=O)N(c2cc(Cl)cc(Cl)c2)c2ncc(I)n21.C[C@@]1(Cc2ccc(Br)cc2)C(=O)N(c2cc(Cl)cc(Cl)c2)c2ncc(S(=O)(=O)N3CCNCC3)n21. The van der Waals surface area contributed by atoms with Gasteiger partial charge in [0.2, 0.25) is 11.9 Å². The molecule has 3 aliphatic rings. The molecule has 62 heavy (non-hydrogen) atoms. The molecule has 0 aliphatic carbocycles. The minimum Gasteiger partial charge on any atom is -0.314 e. The summed E-state index contributed by atoms with van der Waals surface area (Å²) < 4.78 is 35.2. The van der Waals surface area contributed by atoms with Crippen molar-refractivity contribution >= 4 is 146 Å². The fraction of sp³-hybridized carbons (Fsp3) is 0.238. The van der Waals surface area contributed by atoms with Crippen LogP contribution >= 0.6 is 101 Å². The van der Waals surface area contributed by atoms with Crippen molar-refractivity contribution in [2.24, 2.45) is 0 Å². The first-order chi connectivity index (χ1) is 29.4. The molecular formula is C42H35Br2Cl4IN8O4S. The molecule has 12 nitrogen and oxygen atoms in total. The average Bonchev–Trinajstić information content (AvgIpc) is 3.94. The molecule has 0 radical (unpaired) electrons. The van der Waals surface area contributed by atoms with Gasteiger partial charge in [0, 0.05) is 68.1 Å². The molecule has 5 heterocycles. The molecule has 1 N–H and O–H groups in total. The Labute approximate surface area is 408 Å². The van der Waals surface area contributed by atoms with Gasteiger partial charge in [0.05, 0.1) is 23.8 Å². The number of aromatic nitrogens is 4. The van der Waals surface area contributed by atoms with Gasteiger partial charge in [-0.2, -0.15) is 4.31 Å². The second-order valence-corrected chi connectivity index (χ2v) is 21.9. The van der Waals surface area contributed by atoms with Crippen LogP contribution in [0.3, 0.4) is 0 Å². The highest BCUT2D eigenvalue weighted by atomic mass is 127. The lowest BCUT2D eigenvalue weighted by Gasteiger charge is -2.30. The second kappa shape index (κ2) is 17.7. The number of amides is 2. The number of anilines is 4. The number of carbonyl (C=O) groups excluding carboxylic acids is 2. The molecule has 0 spiro atoms. The van der Waals surface area contributed by atoms with Gasteiger partial charge in [0.25, 0.3) is 21.8 Å². The minimum absolute atomic E-state index is 0.0158. The standard InChI is InChI=1S/C23H22BrCl2N5O3S.C19H13BrCl2IN3O/c1-23(13-15-2-4-16(24)5-3-15)21(32)30(19-11-17(25)10-18(26)12-19)22-28-14-20(31(22)23)35(33,34)29-8-6-27-7-9-29;1-19(9-11-2-4-12(20)5-3-11)17(27)25(18-24-10-16(23)26(18)19)15-7-13(21)6-14(22)8-15/h2-5,10-12,14,27H,6-9,13H2,1H3;2-8,10H,9H2,1H3/t23-;19-/m11/s1. The number of halogens is 7. The van der Waals surface area contributed by atoms with Crippen molar-refractivity contribution in [2.75, 3.05) is 36.0 Å². The molecule has 3 aliphatic heterocycles. The third-order valence-corrected chi connectivity index (χ3v) is 15.5. The number of fused-ring (bicyclic) bond motifs is 2. The van der Waals surface area contributed by atoms with Crippen molar-refractivity contribution in [1.29, 1.82) is 0 Å². The van der Waals surface area contributed by atoms with E-state index in [1.807, 2.05) is 60.0 Å². The molecule has 1 saturated heterocycles. The van der Waals surface area contributed by atoms with Crippen LogP contribution in [0.2, 0.25) is 20.1 Å². The van der Waals surface area contributed by atoms with Crippen molar-refractivity contribution in [3.05, 3.63) is 141 Å². The molecule has 0 unspecified atom stereocenters. The number of piperazine rings is 1. The fourth-order valence-corrected chi connectivity index (χ4v) is 12.1. The maximum Gasteiger partial charge on any atom is 0.260 e. The van der Waals surface area contributed by atoms with Gasteiger partial charge in [0.1, 0.15) is 14.8 Å². The Hall–Kier alpha value is -3.04. The third-order valence-electron chi connectivity index (χ3n) is 10.9. The van der Waals surface area contributed by atoms with Crippen LogP contribution in [0.5, 0.6) is 0 Å². The molecule has 9 rings (SSSR count). The number of hydrogen-bond acceptors (Lipinski definition) is 7. The molecule has 2 atom stereocenters. The van der Waals surface area contributed by atoms with Crippen LogP contribution < -0.4 is 15.1 Å². The van der Waals surface area contributed by atoms with Gasteiger partial charge in [0.15, 0.2) is 5.03 Å². The first kappa shape index (κ1) is 45.5. The summed E-state index contributed by atoms with van der Waals surface area (Å²) in [6, 6.07) is 25.5. The summed E-state index contributed by atoms with van der Waals surface area (Å²) in [7, 11) is -3.90. The van der Waals surface area contributed by atoms with Gasteiger partial charge in [-0.1, -0.05) is 103 Å². The summed E-state index contributed by atoms with van der Waals surface area (Å²) in [5, 5.41) is 4.80. The zero-order valence-electron chi connectivity index (χ0n) is 32.8. The normalized spacial score (nSPS) is 20.0. The lowest BCUT2D eigenvalue weighted by molar-refractivity contribution is -0.124. The number of nitrogens with one attached hydrogen (secondary N) is 1. The molecule has 2 amide bonds. The largest absolute Gasteiger partial charge is 0.314 e. The maximum absolute atomic E-state index is 14.0. The maximum atomic E-state index is 14.0. The van der Waals surface area contributed by atoms with Gasteiger partial charge in [-0.3, -0.25) is 18.7 Å². The van der Waals surface area contributed by atoms with Crippen LogP contribution in [0.1, 0.15) is 25.0 Å². The molecule has 0 saturated carbocycles. The summed E-state index contributed by atoms with van der Waals surface area (Å²) in [5.74, 6) is 0.396. The summed E-state index contributed by atoms with van der Waals surface area (Å²) >= 11 is 33.9. The zero-order valence-corrected chi connectivity index (χ0v) is 42.0. The van der Waals surface area contributed by atoms with Gasteiger partial charge in [-0.25, -0.2) is 28.2 Å². The van der Waals surface area contributed by atoms with E-state index >= 15 is 0 Å². The van der Waals surface area contributed by atoms with E-state index < -0.39 is 21.1 Å². The average molecular weight is 1180 g/mol. The Kier molecular flexibility index (Phi) is 13.0. The van der Waals surface area contributed by atoms with E-state index in [1.165, 1.54) is 15.4 Å². The topological polar surface area (TPSA) is 126 Å². The van der Waals surface area contributed by atoms with E-state index in [1.54, 1.807) is 59.0 Å². The molecular weight excluding hydrogens is 1140 g/mol. The minimum atomic E-state index is -3.90.